The number of anilines is 2. The van der Waals surface area contributed by atoms with Gasteiger partial charge in [-0.1, -0.05) is 0 Å². The van der Waals surface area contributed by atoms with Crippen molar-refractivity contribution in [2.75, 3.05) is 23.7 Å². The average molecular weight is 447 g/mol. The van der Waals surface area contributed by atoms with Crippen molar-refractivity contribution in [2.45, 2.75) is 4.90 Å². The number of sulfonamides is 1. The first-order valence-corrected chi connectivity index (χ1v) is 10.3. The quantitative estimate of drug-likeness (QED) is 0.487. The van der Waals surface area contributed by atoms with Gasteiger partial charge in [-0.2, -0.15) is 0 Å². The van der Waals surface area contributed by atoms with Crippen LogP contribution in [0, 0.1) is 5.82 Å². The molecular weight excluding hydrogens is 429 g/mol. The van der Waals surface area contributed by atoms with E-state index in [1.807, 2.05) is 0 Å². The van der Waals surface area contributed by atoms with Gasteiger partial charge in [0, 0.05) is 5.69 Å². The third kappa shape index (κ3) is 5.60. The zero-order valence-corrected chi connectivity index (χ0v) is 17.0. The van der Waals surface area contributed by atoms with E-state index in [1.165, 1.54) is 37.6 Å². The molecule has 0 bridgehead atoms. The van der Waals surface area contributed by atoms with Crippen molar-refractivity contribution in [3.05, 3.63) is 72.4 Å². The van der Waals surface area contributed by atoms with Crippen molar-refractivity contribution in [2.24, 2.45) is 0 Å². The molecule has 11 heteroatoms. The van der Waals surface area contributed by atoms with E-state index in [0.29, 0.717) is 0 Å². The number of ether oxygens (including phenoxy) is 1. The maximum atomic E-state index is 13.1. The van der Waals surface area contributed by atoms with E-state index in [0.717, 1.165) is 24.3 Å². The summed E-state index contributed by atoms with van der Waals surface area (Å²) in [6, 6.07) is 11.6. The fraction of sp³-hybridized carbons (Fsp3) is 0.100. The molecule has 2 amide bonds. The van der Waals surface area contributed by atoms with Crippen LogP contribution in [0.15, 0.2) is 70.2 Å². The summed E-state index contributed by atoms with van der Waals surface area (Å²) < 4.78 is 50.7. The van der Waals surface area contributed by atoms with Gasteiger partial charge in [0.2, 0.25) is 5.91 Å². The van der Waals surface area contributed by atoms with Gasteiger partial charge >= 0.3 is 0 Å². The number of halogens is 1. The molecule has 162 valence electrons. The molecular formula is C20H18FN3O6S. The molecule has 0 aliphatic heterocycles. The number of carbonyl (C=O) groups excluding carboxylic acids is 2. The van der Waals surface area contributed by atoms with Gasteiger partial charge < -0.3 is 19.8 Å². The normalized spacial score (nSPS) is 10.9. The summed E-state index contributed by atoms with van der Waals surface area (Å²) in [7, 11) is -2.68. The monoisotopic (exact) mass is 447 g/mol. The summed E-state index contributed by atoms with van der Waals surface area (Å²) in [5.74, 6) is -1.40. The predicted octanol–water partition coefficient (Wildman–Crippen LogP) is 2.60. The smallest absolute Gasteiger partial charge is 0.287 e. The van der Waals surface area contributed by atoms with Crippen molar-refractivity contribution >= 4 is 33.2 Å². The number of hydrogen-bond acceptors (Lipinski definition) is 6. The Morgan fingerprint density at radius 3 is 2.48 bits per heavy atom. The average Bonchev–Trinajstić information content (AvgIpc) is 3.27. The topological polar surface area (TPSA) is 127 Å². The van der Waals surface area contributed by atoms with Crippen molar-refractivity contribution in [1.29, 1.82) is 0 Å². The van der Waals surface area contributed by atoms with Crippen LogP contribution < -0.4 is 20.1 Å². The van der Waals surface area contributed by atoms with Crippen molar-refractivity contribution in [3.8, 4) is 5.75 Å². The summed E-state index contributed by atoms with van der Waals surface area (Å²) >= 11 is 0. The van der Waals surface area contributed by atoms with Crippen LogP contribution in [0.25, 0.3) is 0 Å². The van der Waals surface area contributed by atoms with Gasteiger partial charge in [0.05, 0.1) is 30.5 Å². The summed E-state index contributed by atoms with van der Waals surface area (Å²) in [6.07, 6.45) is 1.33. The number of furan rings is 1. The maximum absolute atomic E-state index is 13.1. The standard InChI is InChI=1S/C20H18FN3O6S/c1-29-17-9-6-14(23-19(25)12-22-20(26)18-3-2-10-30-18)11-16(17)24-31(27,28)15-7-4-13(21)5-8-15/h2-11,24H,12H2,1H3,(H,22,26)(H,23,25). The number of carbonyl (C=O) groups is 2. The Morgan fingerprint density at radius 1 is 1.10 bits per heavy atom. The van der Waals surface area contributed by atoms with Crippen LogP contribution in [0.3, 0.4) is 0 Å². The number of rotatable bonds is 8. The zero-order valence-electron chi connectivity index (χ0n) is 16.2. The van der Waals surface area contributed by atoms with Crippen LogP contribution in [0.5, 0.6) is 5.75 Å². The highest BCUT2D eigenvalue weighted by Gasteiger charge is 2.18. The second kappa shape index (κ2) is 9.30. The molecule has 0 unspecified atom stereocenters. The lowest BCUT2D eigenvalue weighted by atomic mass is 10.2. The van der Waals surface area contributed by atoms with E-state index in [9.17, 15) is 22.4 Å². The Hall–Kier alpha value is -3.86. The van der Waals surface area contributed by atoms with Crippen LogP contribution in [-0.2, 0) is 14.8 Å². The van der Waals surface area contributed by atoms with E-state index in [2.05, 4.69) is 15.4 Å². The number of methoxy groups -OCH3 is 1. The molecule has 0 saturated heterocycles. The van der Waals surface area contributed by atoms with Gasteiger partial charge in [-0.05, 0) is 54.6 Å². The Kier molecular flexibility index (Phi) is 6.55. The van der Waals surface area contributed by atoms with E-state index in [1.54, 1.807) is 6.07 Å². The third-order valence-corrected chi connectivity index (χ3v) is 5.39. The first-order valence-electron chi connectivity index (χ1n) is 8.86. The van der Waals surface area contributed by atoms with Gasteiger partial charge in [-0.25, -0.2) is 12.8 Å². The Morgan fingerprint density at radius 2 is 1.84 bits per heavy atom. The van der Waals surface area contributed by atoms with Gasteiger partial charge in [0.25, 0.3) is 15.9 Å². The van der Waals surface area contributed by atoms with E-state index in [4.69, 9.17) is 9.15 Å². The second-order valence-electron chi connectivity index (χ2n) is 6.18. The van der Waals surface area contributed by atoms with Gasteiger partial charge in [-0.3, -0.25) is 14.3 Å². The SMILES string of the molecule is COc1ccc(NC(=O)CNC(=O)c2ccco2)cc1NS(=O)(=O)c1ccc(F)cc1. The first kappa shape index (κ1) is 21.8. The fourth-order valence-corrected chi connectivity index (χ4v) is 3.60. The fourth-order valence-electron chi connectivity index (χ4n) is 2.54. The van der Waals surface area contributed by atoms with E-state index < -0.39 is 27.7 Å². The summed E-state index contributed by atoms with van der Waals surface area (Å²) in [5, 5.41) is 4.94. The molecule has 2 aromatic carbocycles. The second-order valence-corrected chi connectivity index (χ2v) is 7.87. The highest BCUT2D eigenvalue weighted by molar-refractivity contribution is 7.92. The number of hydrogen-bond donors (Lipinski definition) is 3. The van der Waals surface area contributed by atoms with Gasteiger partial charge in [0.1, 0.15) is 11.6 Å². The van der Waals surface area contributed by atoms with Gasteiger partial charge in [-0.15, -0.1) is 0 Å². The van der Waals surface area contributed by atoms with Crippen LogP contribution in [0.2, 0.25) is 0 Å². The number of benzene rings is 2. The molecule has 9 nitrogen and oxygen atoms in total. The molecule has 1 heterocycles. The molecule has 0 spiro atoms. The molecule has 0 radical (unpaired) electrons. The lowest BCUT2D eigenvalue weighted by molar-refractivity contribution is -0.115. The molecule has 3 N–H and O–H groups in total. The van der Waals surface area contributed by atoms with Crippen molar-refractivity contribution in [1.82, 2.24) is 5.32 Å². The minimum absolute atomic E-state index is 0.0595. The minimum Gasteiger partial charge on any atom is -0.495 e. The summed E-state index contributed by atoms with van der Waals surface area (Å²) in [4.78, 5) is 23.8. The van der Waals surface area contributed by atoms with Crippen molar-refractivity contribution in [3.63, 3.8) is 0 Å². The number of amides is 2. The molecule has 1 aromatic heterocycles. The molecule has 3 rings (SSSR count). The molecule has 31 heavy (non-hydrogen) atoms. The lowest BCUT2D eigenvalue weighted by Gasteiger charge is -2.14. The highest BCUT2D eigenvalue weighted by atomic mass is 32.2. The number of nitrogens with one attached hydrogen (secondary N) is 3. The Bertz CT molecular complexity index is 1180. The van der Waals surface area contributed by atoms with Crippen molar-refractivity contribution < 1.29 is 31.6 Å². The molecule has 0 aliphatic carbocycles. The van der Waals surface area contributed by atoms with E-state index in [-0.39, 0.29) is 34.3 Å². The van der Waals surface area contributed by atoms with Crippen LogP contribution in [-0.4, -0.2) is 33.9 Å². The van der Waals surface area contributed by atoms with Crippen LogP contribution >= 0.6 is 0 Å². The molecule has 3 aromatic rings. The lowest BCUT2D eigenvalue weighted by Crippen LogP contribution is -2.32. The summed E-state index contributed by atoms with van der Waals surface area (Å²) in [5.41, 5.74) is 0.319. The van der Waals surface area contributed by atoms with E-state index >= 15 is 0 Å². The molecule has 0 atom stereocenters. The van der Waals surface area contributed by atoms with Gasteiger partial charge in [0.15, 0.2) is 5.76 Å². The zero-order chi connectivity index (χ0) is 22.4. The minimum atomic E-state index is -4.03. The largest absolute Gasteiger partial charge is 0.495 e. The Labute approximate surface area is 177 Å². The highest BCUT2D eigenvalue weighted by Crippen LogP contribution is 2.30. The molecule has 0 fully saturated rings. The third-order valence-electron chi connectivity index (χ3n) is 4.01. The predicted molar refractivity (Wildman–Crippen MR) is 110 cm³/mol. The summed E-state index contributed by atoms with van der Waals surface area (Å²) in [6.45, 7) is -0.331. The Balaban J connectivity index is 1.70. The molecule has 0 aliphatic rings. The maximum Gasteiger partial charge on any atom is 0.287 e. The first-order chi connectivity index (χ1) is 14.8. The van der Waals surface area contributed by atoms with Crippen LogP contribution in [0.1, 0.15) is 10.6 Å². The van der Waals surface area contributed by atoms with Crippen LogP contribution in [0.4, 0.5) is 15.8 Å². The molecule has 0 saturated carbocycles.